The number of nitrogens with zero attached hydrogens (tertiary/aromatic N) is 3. The summed E-state index contributed by atoms with van der Waals surface area (Å²) in [7, 11) is -1.69. The van der Waals surface area contributed by atoms with Crippen LogP contribution in [0.2, 0.25) is 0 Å². The van der Waals surface area contributed by atoms with Gasteiger partial charge in [-0.1, -0.05) is 23.4 Å². The molecule has 2 heterocycles. The van der Waals surface area contributed by atoms with Gasteiger partial charge in [-0.3, -0.25) is 0 Å². The van der Waals surface area contributed by atoms with Crippen LogP contribution in [-0.2, 0) is 22.5 Å². The van der Waals surface area contributed by atoms with Crippen molar-refractivity contribution in [3.63, 3.8) is 0 Å². The first-order chi connectivity index (χ1) is 9.36. The van der Waals surface area contributed by atoms with Gasteiger partial charge in [0.15, 0.2) is 14.4 Å². The zero-order valence-electron chi connectivity index (χ0n) is 10.6. The van der Waals surface area contributed by atoms with Crippen LogP contribution in [0, 0.1) is 0 Å². The lowest BCUT2D eigenvalue weighted by atomic mass is 9.87. The molecule has 0 saturated heterocycles. The summed E-state index contributed by atoms with van der Waals surface area (Å²) in [5.41, 5.74) is -0.587. The minimum absolute atomic E-state index is 0.0756. The normalized spacial score (nSPS) is 24.4. The highest BCUT2D eigenvalue weighted by atomic mass is 79.9. The van der Waals surface area contributed by atoms with Gasteiger partial charge in [0.05, 0.1) is 10.6 Å². The van der Waals surface area contributed by atoms with Gasteiger partial charge < -0.3 is 5.11 Å². The van der Waals surface area contributed by atoms with Crippen molar-refractivity contribution in [2.24, 2.45) is 7.05 Å². The molecule has 0 radical (unpaired) electrons. The van der Waals surface area contributed by atoms with Crippen molar-refractivity contribution in [3.8, 4) is 0 Å². The molecule has 1 N–H and O–H groups in total. The number of aromatic nitrogens is 3. The number of fused-ring (bicyclic) bond motifs is 1. The van der Waals surface area contributed by atoms with E-state index in [0.29, 0.717) is 15.9 Å². The summed E-state index contributed by atoms with van der Waals surface area (Å²) in [6.07, 6.45) is 0.0756. The molecule has 1 aromatic heterocycles. The fourth-order valence-corrected chi connectivity index (χ4v) is 4.92. The first kappa shape index (κ1) is 13.7. The van der Waals surface area contributed by atoms with Crippen molar-refractivity contribution < 1.29 is 13.5 Å². The third-order valence-corrected chi connectivity index (χ3v) is 5.88. The fraction of sp³-hybridized carbons (Fsp3) is 0.333. The largest absolute Gasteiger partial charge is 0.379 e. The van der Waals surface area contributed by atoms with Gasteiger partial charge in [0.2, 0.25) is 0 Å². The van der Waals surface area contributed by atoms with E-state index >= 15 is 0 Å². The van der Waals surface area contributed by atoms with Crippen LogP contribution in [0.5, 0.6) is 0 Å². The van der Waals surface area contributed by atoms with E-state index < -0.39 is 15.4 Å². The molecule has 2 aromatic rings. The lowest BCUT2D eigenvalue weighted by molar-refractivity contribution is 0.0623. The molecule has 20 heavy (non-hydrogen) atoms. The summed E-state index contributed by atoms with van der Waals surface area (Å²) in [6.45, 7) is 0. The summed E-state index contributed by atoms with van der Waals surface area (Å²) in [5.74, 6) is -0.113. The number of halogens is 1. The van der Waals surface area contributed by atoms with Crippen LogP contribution in [0.4, 0.5) is 0 Å². The van der Waals surface area contributed by atoms with Crippen LogP contribution in [0.1, 0.15) is 17.7 Å². The van der Waals surface area contributed by atoms with Crippen molar-refractivity contribution in [2.45, 2.75) is 16.9 Å². The molecule has 1 aromatic carbocycles. The quantitative estimate of drug-likeness (QED) is 0.822. The lowest BCUT2D eigenvalue weighted by Gasteiger charge is -2.34. The average molecular weight is 358 g/mol. The first-order valence-corrected chi connectivity index (χ1v) is 8.41. The Hall–Kier alpha value is -1.25. The standard InChI is InChI=1S/C12H12BrN3O3S/c1-16-10(11(13)14-15-16)12(17)6-7-20(18,19)9-5-3-2-4-8(9)12/h2-5,17H,6-7H2,1H3. The second-order valence-electron chi connectivity index (χ2n) is 4.78. The smallest absolute Gasteiger partial charge is 0.178 e. The summed E-state index contributed by atoms with van der Waals surface area (Å²) in [6, 6.07) is 6.51. The molecule has 0 amide bonds. The number of rotatable bonds is 1. The Morgan fingerprint density at radius 1 is 1.40 bits per heavy atom. The number of hydrogen-bond donors (Lipinski definition) is 1. The minimum atomic E-state index is -3.36. The Morgan fingerprint density at radius 2 is 2.10 bits per heavy atom. The Balaban J connectivity index is 2.32. The monoisotopic (exact) mass is 357 g/mol. The molecule has 0 aliphatic carbocycles. The van der Waals surface area contributed by atoms with Gasteiger partial charge in [-0.2, -0.15) is 0 Å². The zero-order valence-corrected chi connectivity index (χ0v) is 13.0. The topological polar surface area (TPSA) is 85.1 Å². The van der Waals surface area contributed by atoms with E-state index in [4.69, 9.17) is 0 Å². The van der Waals surface area contributed by atoms with E-state index in [1.807, 2.05) is 0 Å². The van der Waals surface area contributed by atoms with Crippen LogP contribution in [-0.4, -0.2) is 34.3 Å². The molecule has 0 saturated carbocycles. The molecule has 1 atom stereocenters. The highest BCUT2D eigenvalue weighted by Crippen LogP contribution is 2.43. The summed E-state index contributed by atoms with van der Waals surface area (Å²) < 4.78 is 26.1. The molecule has 6 nitrogen and oxygen atoms in total. The van der Waals surface area contributed by atoms with Crippen LogP contribution in [0.3, 0.4) is 0 Å². The summed E-state index contributed by atoms with van der Waals surface area (Å²) in [5, 5.41) is 18.8. The Morgan fingerprint density at radius 3 is 2.75 bits per heavy atom. The van der Waals surface area contributed by atoms with Crippen molar-refractivity contribution in [1.82, 2.24) is 15.0 Å². The van der Waals surface area contributed by atoms with Gasteiger partial charge in [0, 0.05) is 19.0 Å². The maximum Gasteiger partial charge on any atom is 0.178 e. The molecule has 1 unspecified atom stereocenters. The zero-order chi connectivity index (χ0) is 14.5. The van der Waals surface area contributed by atoms with E-state index in [9.17, 15) is 13.5 Å². The second kappa shape index (κ2) is 4.37. The molecule has 0 fully saturated rings. The number of benzene rings is 1. The third kappa shape index (κ3) is 1.82. The summed E-state index contributed by atoms with van der Waals surface area (Å²) >= 11 is 3.26. The number of sulfone groups is 1. The molecule has 106 valence electrons. The van der Waals surface area contributed by atoms with E-state index in [2.05, 4.69) is 26.2 Å². The maximum absolute atomic E-state index is 12.1. The fourth-order valence-electron chi connectivity index (χ4n) is 2.62. The van der Waals surface area contributed by atoms with Gasteiger partial charge in [-0.05, 0) is 22.0 Å². The van der Waals surface area contributed by atoms with E-state index in [1.165, 1.54) is 10.7 Å². The highest BCUT2D eigenvalue weighted by Gasteiger charge is 2.45. The highest BCUT2D eigenvalue weighted by molar-refractivity contribution is 9.10. The SMILES string of the molecule is Cn1nnc(Br)c1C1(O)CCS(=O)(=O)c2ccccc21. The molecule has 8 heteroatoms. The average Bonchev–Trinajstić information content (AvgIpc) is 2.75. The van der Waals surface area contributed by atoms with Gasteiger partial charge in [-0.25, -0.2) is 13.1 Å². The number of aryl methyl sites for hydroxylation is 1. The second-order valence-corrected chi connectivity index (χ2v) is 7.61. The maximum atomic E-state index is 12.1. The van der Waals surface area contributed by atoms with Crippen LogP contribution < -0.4 is 0 Å². The predicted octanol–water partition coefficient (Wildman–Crippen LogP) is 0.991. The Bertz CT molecular complexity index is 767. The number of hydrogen-bond acceptors (Lipinski definition) is 5. The van der Waals surface area contributed by atoms with Crippen LogP contribution >= 0.6 is 15.9 Å². The lowest BCUT2D eigenvalue weighted by Crippen LogP contribution is -2.38. The van der Waals surface area contributed by atoms with Crippen molar-refractivity contribution >= 4 is 25.8 Å². The van der Waals surface area contributed by atoms with Crippen LogP contribution in [0.15, 0.2) is 33.8 Å². The van der Waals surface area contributed by atoms with E-state index in [-0.39, 0.29) is 17.1 Å². The van der Waals surface area contributed by atoms with E-state index in [0.717, 1.165) is 0 Å². The summed E-state index contributed by atoms with van der Waals surface area (Å²) in [4.78, 5) is 0.168. The minimum Gasteiger partial charge on any atom is -0.379 e. The van der Waals surface area contributed by atoms with Gasteiger partial charge in [0.25, 0.3) is 0 Å². The Kier molecular flexibility index (Phi) is 3.00. The predicted molar refractivity (Wildman–Crippen MR) is 74.8 cm³/mol. The van der Waals surface area contributed by atoms with Crippen LogP contribution in [0.25, 0.3) is 0 Å². The third-order valence-electron chi connectivity index (χ3n) is 3.58. The Labute approximate surface area is 124 Å². The van der Waals surface area contributed by atoms with Gasteiger partial charge in [-0.15, -0.1) is 5.10 Å². The van der Waals surface area contributed by atoms with Gasteiger partial charge in [0.1, 0.15) is 11.3 Å². The molecular formula is C12H12BrN3O3S. The number of aliphatic hydroxyl groups is 1. The van der Waals surface area contributed by atoms with Crippen molar-refractivity contribution in [1.29, 1.82) is 0 Å². The molecule has 1 aliphatic heterocycles. The van der Waals surface area contributed by atoms with E-state index in [1.54, 1.807) is 25.2 Å². The first-order valence-electron chi connectivity index (χ1n) is 5.96. The van der Waals surface area contributed by atoms with Crippen molar-refractivity contribution in [2.75, 3.05) is 5.75 Å². The molecule has 0 spiro atoms. The molecule has 3 rings (SSSR count). The molecular weight excluding hydrogens is 346 g/mol. The molecule has 0 bridgehead atoms. The van der Waals surface area contributed by atoms with Crippen molar-refractivity contribution in [3.05, 3.63) is 40.1 Å². The van der Waals surface area contributed by atoms with Gasteiger partial charge >= 0.3 is 0 Å². The molecule has 1 aliphatic rings.